The van der Waals surface area contributed by atoms with E-state index in [1.54, 1.807) is 7.11 Å². The lowest BCUT2D eigenvalue weighted by Crippen LogP contribution is -2.30. The van der Waals surface area contributed by atoms with E-state index in [1.807, 2.05) is 12.1 Å². The molecule has 0 aliphatic rings. The van der Waals surface area contributed by atoms with Gasteiger partial charge in [0.2, 0.25) is 0 Å². The van der Waals surface area contributed by atoms with Gasteiger partial charge in [0.15, 0.2) is 0 Å². The van der Waals surface area contributed by atoms with Gasteiger partial charge in [-0.1, -0.05) is 60.7 Å². The highest BCUT2D eigenvalue weighted by atomic mass is 28.3. The second-order valence-electron chi connectivity index (χ2n) is 5.80. The molecule has 0 bridgehead atoms. The fraction of sp³-hybridized carbons (Fsp3) is 0.400. The molecule has 0 aliphatic heterocycles. The highest BCUT2D eigenvalue weighted by Gasteiger charge is 2.13. The van der Waals surface area contributed by atoms with Crippen LogP contribution in [0, 0.1) is 0 Å². The van der Waals surface area contributed by atoms with Crippen LogP contribution < -0.4 is 0 Å². The topological polar surface area (TPSA) is 27.7 Å². The molecular weight excluding hydrogens is 316 g/mol. The molecule has 24 heavy (non-hydrogen) atoms. The van der Waals surface area contributed by atoms with Crippen molar-refractivity contribution in [1.29, 1.82) is 0 Å². The molecule has 0 saturated carbocycles. The van der Waals surface area contributed by atoms with Crippen molar-refractivity contribution in [1.82, 2.24) is 0 Å². The Morgan fingerprint density at radius 3 is 1.58 bits per heavy atom. The van der Waals surface area contributed by atoms with Crippen LogP contribution in [-0.4, -0.2) is 35.8 Å². The molecule has 0 aliphatic carbocycles. The van der Waals surface area contributed by atoms with E-state index in [1.165, 1.54) is 11.1 Å². The number of hydrogen-bond acceptors (Lipinski definition) is 3. The number of benzene rings is 2. The Bertz CT molecular complexity index is 486. The molecule has 2 aromatic rings. The Labute approximate surface area is 147 Å². The van der Waals surface area contributed by atoms with Gasteiger partial charge in [0.1, 0.15) is 0 Å². The molecule has 0 aromatic heterocycles. The summed E-state index contributed by atoms with van der Waals surface area (Å²) in [7, 11) is 0.00197. The zero-order chi connectivity index (χ0) is 16.9. The first-order valence-electron chi connectivity index (χ1n) is 8.68. The Balaban J connectivity index is 1.58. The first-order chi connectivity index (χ1) is 11.9. The molecule has 0 atom stereocenters. The van der Waals surface area contributed by atoms with E-state index >= 15 is 0 Å². The standard InChI is InChI=1S/C20H28O3Si/c1-21-18-24(22-16-8-14-19-10-4-2-5-11-19)23-17-9-15-20-12-6-3-7-13-20/h2-7,10-13,24H,8-9,14-18H2,1H3. The van der Waals surface area contributed by atoms with Gasteiger partial charge in [0.05, 0.1) is 6.23 Å². The van der Waals surface area contributed by atoms with Crippen molar-refractivity contribution in [3.63, 3.8) is 0 Å². The number of aryl methyl sites for hydroxylation is 2. The number of hydrogen-bond donors (Lipinski definition) is 0. The summed E-state index contributed by atoms with van der Waals surface area (Å²) in [6.45, 7) is 1.49. The molecule has 0 saturated heterocycles. The summed E-state index contributed by atoms with van der Waals surface area (Å²) in [4.78, 5) is 0. The maximum absolute atomic E-state index is 5.95. The van der Waals surface area contributed by atoms with Crippen molar-refractivity contribution in [2.24, 2.45) is 0 Å². The summed E-state index contributed by atoms with van der Waals surface area (Å²) in [5.74, 6) is 0. The lowest BCUT2D eigenvalue weighted by Gasteiger charge is -2.16. The van der Waals surface area contributed by atoms with Crippen molar-refractivity contribution in [3.8, 4) is 0 Å². The molecule has 0 unspecified atom stereocenters. The lowest BCUT2D eigenvalue weighted by atomic mass is 10.1. The van der Waals surface area contributed by atoms with Crippen molar-refractivity contribution in [2.45, 2.75) is 25.7 Å². The average molecular weight is 345 g/mol. The first kappa shape index (κ1) is 18.9. The maximum Gasteiger partial charge on any atom is 0.348 e. The first-order valence-corrected chi connectivity index (χ1v) is 10.4. The fourth-order valence-electron chi connectivity index (χ4n) is 2.55. The monoisotopic (exact) mass is 344 g/mol. The van der Waals surface area contributed by atoms with Crippen LogP contribution in [0.4, 0.5) is 0 Å². The second kappa shape index (κ2) is 12.0. The summed E-state index contributed by atoms with van der Waals surface area (Å²) in [6.07, 6.45) is 4.73. The number of ether oxygens (including phenoxy) is 1. The van der Waals surface area contributed by atoms with Crippen LogP contribution in [0.2, 0.25) is 0 Å². The summed E-state index contributed by atoms with van der Waals surface area (Å²) in [6, 6.07) is 21.0. The van der Waals surface area contributed by atoms with Gasteiger partial charge in [0.25, 0.3) is 0 Å². The SMILES string of the molecule is COC[SiH](OCCCc1ccccc1)OCCCc1ccccc1. The Kier molecular flexibility index (Phi) is 9.42. The van der Waals surface area contributed by atoms with Crippen molar-refractivity contribution < 1.29 is 13.6 Å². The Morgan fingerprint density at radius 1 is 0.708 bits per heavy atom. The van der Waals surface area contributed by atoms with Crippen LogP contribution in [0.15, 0.2) is 60.7 Å². The van der Waals surface area contributed by atoms with Crippen molar-refractivity contribution in [3.05, 3.63) is 71.8 Å². The minimum atomic E-state index is -1.71. The summed E-state index contributed by atoms with van der Waals surface area (Å²) < 4.78 is 17.1. The molecule has 3 nitrogen and oxygen atoms in total. The summed E-state index contributed by atoms with van der Waals surface area (Å²) in [5, 5.41) is 0. The molecular formula is C20H28O3Si. The van der Waals surface area contributed by atoms with Gasteiger partial charge in [-0.15, -0.1) is 0 Å². The molecule has 130 valence electrons. The van der Waals surface area contributed by atoms with Crippen LogP contribution in [0.3, 0.4) is 0 Å². The second-order valence-corrected chi connectivity index (χ2v) is 7.66. The van der Waals surface area contributed by atoms with Crippen LogP contribution >= 0.6 is 0 Å². The van der Waals surface area contributed by atoms with E-state index in [0.717, 1.165) is 38.9 Å². The molecule has 4 heteroatoms. The quantitative estimate of drug-likeness (QED) is 0.434. The zero-order valence-electron chi connectivity index (χ0n) is 14.5. The molecule has 0 fully saturated rings. The highest BCUT2D eigenvalue weighted by molar-refractivity contribution is 6.44. The number of rotatable bonds is 12. The minimum Gasteiger partial charge on any atom is -0.395 e. The Morgan fingerprint density at radius 2 is 1.17 bits per heavy atom. The third kappa shape index (κ3) is 7.88. The largest absolute Gasteiger partial charge is 0.395 e. The molecule has 0 heterocycles. The zero-order valence-corrected chi connectivity index (χ0v) is 15.7. The summed E-state index contributed by atoms with van der Waals surface area (Å²) in [5.41, 5.74) is 2.71. The van der Waals surface area contributed by atoms with Crippen LogP contribution in [0.5, 0.6) is 0 Å². The Hall–Kier alpha value is -1.46. The van der Waals surface area contributed by atoms with Gasteiger partial charge in [-0.2, -0.15) is 0 Å². The van der Waals surface area contributed by atoms with Gasteiger partial charge >= 0.3 is 9.28 Å². The van der Waals surface area contributed by atoms with Gasteiger partial charge in [-0.05, 0) is 36.8 Å². The van der Waals surface area contributed by atoms with Gasteiger partial charge in [-0.3, -0.25) is 0 Å². The molecule has 0 amide bonds. The molecule has 0 N–H and O–H groups in total. The average Bonchev–Trinajstić information content (AvgIpc) is 2.64. The van der Waals surface area contributed by atoms with Gasteiger partial charge < -0.3 is 13.6 Å². The minimum absolute atomic E-state index is 0.608. The van der Waals surface area contributed by atoms with Crippen molar-refractivity contribution in [2.75, 3.05) is 26.6 Å². The predicted molar refractivity (Wildman–Crippen MR) is 100 cm³/mol. The molecule has 2 aromatic carbocycles. The van der Waals surface area contributed by atoms with E-state index < -0.39 is 9.28 Å². The normalized spacial score (nSPS) is 11.1. The van der Waals surface area contributed by atoms with E-state index in [9.17, 15) is 0 Å². The molecule has 2 rings (SSSR count). The van der Waals surface area contributed by atoms with Gasteiger partial charge in [-0.25, -0.2) is 0 Å². The van der Waals surface area contributed by atoms with E-state index in [0.29, 0.717) is 6.23 Å². The van der Waals surface area contributed by atoms with Crippen LogP contribution in [0.1, 0.15) is 24.0 Å². The third-order valence-corrected chi connectivity index (χ3v) is 5.64. The van der Waals surface area contributed by atoms with E-state index in [4.69, 9.17) is 13.6 Å². The summed E-state index contributed by atoms with van der Waals surface area (Å²) >= 11 is 0. The van der Waals surface area contributed by atoms with Crippen molar-refractivity contribution >= 4 is 9.28 Å². The van der Waals surface area contributed by atoms with E-state index in [2.05, 4.69) is 48.5 Å². The van der Waals surface area contributed by atoms with Crippen LogP contribution in [0.25, 0.3) is 0 Å². The number of methoxy groups -OCH3 is 1. The predicted octanol–water partition coefficient (Wildman–Crippen LogP) is 3.69. The van der Waals surface area contributed by atoms with Gasteiger partial charge in [0, 0.05) is 20.3 Å². The fourth-order valence-corrected chi connectivity index (χ4v) is 3.97. The maximum atomic E-state index is 5.95. The third-order valence-electron chi connectivity index (χ3n) is 3.82. The van der Waals surface area contributed by atoms with E-state index in [-0.39, 0.29) is 0 Å². The lowest BCUT2D eigenvalue weighted by molar-refractivity contribution is 0.146. The van der Waals surface area contributed by atoms with Crippen LogP contribution in [-0.2, 0) is 26.4 Å². The highest BCUT2D eigenvalue weighted by Crippen LogP contribution is 2.05. The molecule has 0 radical (unpaired) electrons. The smallest absolute Gasteiger partial charge is 0.348 e. The molecule has 0 spiro atoms.